The molecule has 270 valence electrons. The van der Waals surface area contributed by atoms with Crippen molar-refractivity contribution in [1.29, 1.82) is 0 Å². The summed E-state index contributed by atoms with van der Waals surface area (Å²) in [5.74, 6) is -2.97. The summed E-state index contributed by atoms with van der Waals surface area (Å²) in [6.45, 7) is 0. The van der Waals surface area contributed by atoms with E-state index in [9.17, 15) is 52.7 Å². The maximum absolute atomic E-state index is 13.0. The van der Waals surface area contributed by atoms with Crippen LogP contribution in [-0.4, -0.2) is 63.6 Å². The van der Waals surface area contributed by atoms with Crippen LogP contribution < -0.4 is 0 Å². The molecule has 2 aliphatic rings. The van der Waals surface area contributed by atoms with Crippen LogP contribution in [0.25, 0.3) is 0 Å². The van der Waals surface area contributed by atoms with E-state index >= 15 is 0 Å². The Morgan fingerprint density at radius 3 is 0.776 bits per heavy atom. The highest BCUT2D eigenvalue weighted by Gasteiger charge is 2.32. The van der Waals surface area contributed by atoms with Crippen LogP contribution in [0.2, 0.25) is 0 Å². The lowest BCUT2D eigenvalue weighted by Crippen LogP contribution is -2.29. The van der Waals surface area contributed by atoms with E-state index in [1.54, 1.807) is 0 Å². The number of carbonyl (C=O) groups is 11. The summed E-state index contributed by atoms with van der Waals surface area (Å²) in [6, 6.07) is 0. The van der Waals surface area contributed by atoms with Gasteiger partial charge in [-0.1, -0.05) is 12.8 Å². The zero-order valence-corrected chi connectivity index (χ0v) is 28.8. The number of hydrogen-bond donors (Lipinski definition) is 0. The molecule has 2 unspecified atom stereocenters. The predicted octanol–water partition coefficient (Wildman–Crippen LogP) is 5.26. The van der Waals surface area contributed by atoms with E-state index in [1.165, 1.54) is 0 Å². The molecule has 0 aliphatic heterocycles. The lowest BCUT2D eigenvalue weighted by Gasteiger charge is -2.30. The Balaban J connectivity index is 1.93. The van der Waals surface area contributed by atoms with Crippen molar-refractivity contribution in [2.45, 2.75) is 161 Å². The van der Waals surface area contributed by atoms with Gasteiger partial charge in [0.1, 0.15) is 63.6 Å². The van der Waals surface area contributed by atoms with Crippen molar-refractivity contribution in [2.75, 3.05) is 0 Å². The van der Waals surface area contributed by atoms with E-state index in [4.69, 9.17) is 0 Å². The topological polar surface area (TPSA) is 188 Å². The third-order valence-corrected chi connectivity index (χ3v) is 9.61. The predicted molar refractivity (Wildman–Crippen MR) is 177 cm³/mol. The molecule has 11 heteroatoms. The molecule has 0 bridgehead atoms. The number of fused-ring (bicyclic) bond motifs is 1. The van der Waals surface area contributed by atoms with Crippen LogP contribution in [0, 0.1) is 11.8 Å². The summed E-state index contributed by atoms with van der Waals surface area (Å²) in [5, 5.41) is 0. The van der Waals surface area contributed by atoms with Crippen LogP contribution in [0.3, 0.4) is 0 Å². The quantitative estimate of drug-likeness (QED) is 0.324. The molecule has 0 heterocycles. The summed E-state index contributed by atoms with van der Waals surface area (Å²) in [7, 11) is 0. The molecule has 0 aromatic carbocycles. The van der Waals surface area contributed by atoms with Gasteiger partial charge in [-0.2, -0.15) is 0 Å². The van der Waals surface area contributed by atoms with Gasteiger partial charge in [0.05, 0.1) is 0 Å². The highest BCUT2D eigenvalue weighted by molar-refractivity contribution is 5.94. The van der Waals surface area contributed by atoms with Gasteiger partial charge in [0.25, 0.3) is 0 Å². The van der Waals surface area contributed by atoms with E-state index in [-0.39, 0.29) is 210 Å². The normalized spacial score (nSPS) is 25.2. The van der Waals surface area contributed by atoms with E-state index in [0.29, 0.717) is 12.8 Å². The second-order valence-corrected chi connectivity index (χ2v) is 13.7. The molecule has 0 amide bonds. The maximum Gasteiger partial charge on any atom is 0.136 e. The first kappa shape index (κ1) is 41.5. The van der Waals surface area contributed by atoms with Gasteiger partial charge in [0, 0.05) is 141 Å². The molecule has 0 radical (unpaired) electrons. The smallest absolute Gasteiger partial charge is 0.136 e. The Hall–Kier alpha value is -3.63. The fourth-order valence-corrected chi connectivity index (χ4v) is 6.35. The largest absolute Gasteiger partial charge is 0.300 e. The Morgan fingerprint density at radius 2 is 0.490 bits per heavy atom. The minimum atomic E-state index is -0.331. The second-order valence-electron chi connectivity index (χ2n) is 13.7. The van der Waals surface area contributed by atoms with Gasteiger partial charge in [0.2, 0.25) is 0 Å². The number of rotatable bonds is 0. The average molecular weight is 685 g/mol. The average Bonchev–Trinajstić information content (AvgIpc) is 3.08. The molecular formula is C38H52O11. The van der Waals surface area contributed by atoms with Gasteiger partial charge in [-0.05, 0) is 18.8 Å². The zero-order valence-electron chi connectivity index (χ0n) is 28.8. The molecule has 2 aliphatic carbocycles. The van der Waals surface area contributed by atoms with Crippen LogP contribution in [0.4, 0.5) is 0 Å². The number of Topliss-reactive ketones (excluding diaryl/α,β-unsaturated/α-hetero) is 11. The molecule has 2 saturated carbocycles. The van der Waals surface area contributed by atoms with Crippen molar-refractivity contribution in [2.24, 2.45) is 11.8 Å². The van der Waals surface area contributed by atoms with Gasteiger partial charge < -0.3 is 0 Å². The van der Waals surface area contributed by atoms with E-state index < -0.39 is 0 Å². The van der Waals surface area contributed by atoms with Gasteiger partial charge in [0.15, 0.2) is 0 Å². The summed E-state index contributed by atoms with van der Waals surface area (Å²) < 4.78 is 0. The van der Waals surface area contributed by atoms with Crippen LogP contribution in [0.1, 0.15) is 161 Å². The van der Waals surface area contributed by atoms with Gasteiger partial charge in [-0.25, -0.2) is 0 Å². The summed E-state index contributed by atoms with van der Waals surface area (Å²) >= 11 is 0. The Labute approximate surface area is 288 Å². The van der Waals surface area contributed by atoms with Gasteiger partial charge in [-0.3, -0.25) is 52.7 Å². The van der Waals surface area contributed by atoms with E-state index in [0.717, 1.165) is 12.8 Å². The zero-order chi connectivity index (χ0) is 36.2. The van der Waals surface area contributed by atoms with Crippen molar-refractivity contribution in [3.63, 3.8) is 0 Å². The summed E-state index contributed by atoms with van der Waals surface area (Å²) in [4.78, 5) is 136. The minimum Gasteiger partial charge on any atom is -0.300 e. The van der Waals surface area contributed by atoms with E-state index in [2.05, 4.69) is 0 Å². The lowest BCUT2D eigenvalue weighted by molar-refractivity contribution is -0.130. The minimum absolute atomic E-state index is 0.00131. The number of ketones is 11. The van der Waals surface area contributed by atoms with Gasteiger partial charge >= 0.3 is 0 Å². The fraction of sp³-hybridized carbons (Fsp3) is 0.711. The van der Waals surface area contributed by atoms with Crippen molar-refractivity contribution in [3.8, 4) is 0 Å². The molecule has 11 nitrogen and oxygen atoms in total. The first-order chi connectivity index (χ1) is 23.3. The first-order valence-corrected chi connectivity index (χ1v) is 18.0. The Kier molecular flexibility index (Phi) is 19.4. The first-order valence-electron chi connectivity index (χ1n) is 18.0. The third kappa shape index (κ3) is 18.6. The fourth-order valence-electron chi connectivity index (χ4n) is 6.35. The number of hydrogen-bond acceptors (Lipinski definition) is 11. The monoisotopic (exact) mass is 684 g/mol. The van der Waals surface area contributed by atoms with Crippen LogP contribution in [-0.2, 0) is 52.7 Å². The number of carbonyl (C=O) groups excluding carboxylic acids is 11. The lowest BCUT2D eigenvalue weighted by atomic mass is 9.73. The molecule has 0 N–H and O–H groups in total. The SMILES string of the molecule is O=C1CCC(=O)CCC(=O)CCC(=O)CCC(=O)CCC(=O)CC2CCCCC2C(=O)CCC(=O)CCC(=O)CCC(=O)CCC(=O)CC1. The Morgan fingerprint density at radius 1 is 0.265 bits per heavy atom. The van der Waals surface area contributed by atoms with E-state index in [1.807, 2.05) is 0 Å². The van der Waals surface area contributed by atoms with Crippen LogP contribution in [0.5, 0.6) is 0 Å². The van der Waals surface area contributed by atoms with Crippen molar-refractivity contribution < 1.29 is 52.7 Å². The summed E-state index contributed by atoms with van der Waals surface area (Å²) in [6.07, 6.45) is 2.62. The van der Waals surface area contributed by atoms with Crippen LogP contribution in [0.15, 0.2) is 0 Å². The molecule has 2 rings (SSSR count). The highest BCUT2D eigenvalue weighted by Crippen LogP contribution is 2.34. The molecule has 0 aromatic heterocycles. The molecule has 49 heavy (non-hydrogen) atoms. The molecule has 0 saturated heterocycles. The van der Waals surface area contributed by atoms with Crippen molar-refractivity contribution in [1.82, 2.24) is 0 Å². The summed E-state index contributed by atoms with van der Waals surface area (Å²) in [5.41, 5.74) is 0. The molecule has 2 fully saturated rings. The second kappa shape index (κ2) is 22.9. The van der Waals surface area contributed by atoms with Crippen molar-refractivity contribution >= 4 is 63.6 Å². The van der Waals surface area contributed by atoms with Crippen molar-refractivity contribution in [3.05, 3.63) is 0 Å². The third-order valence-electron chi connectivity index (χ3n) is 9.61. The standard InChI is InChI=1S/C38H52O11/c39-27-5-6-28(40)9-10-30(42)13-14-32(44)17-18-34(46)21-22-36(48)25-26-3-1-2-4-37(26)38(49)24-23-35(47)20-19-33(45)16-15-31(43)12-11-29(41)8-7-27/h26,37H,1-25H2. The molecular weight excluding hydrogens is 632 g/mol. The Bertz CT molecular complexity index is 1270. The molecule has 0 spiro atoms. The van der Waals surface area contributed by atoms with Gasteiger partial charge in [-0.15, -0.1) is 0 Å². The highest BCUT2D eigenvalue weighted by atomic mass is 16.2. The van der Waals surface area contributed by atoms with Crippen LogP contribution >= 0.6 is 0 Å². The molecule has 0 aromatic rings. The maximum atomic E-state index is 13.0. The molecule has 2 atom stereocenters.